The van der Waals surface area contributed by atoms with Crippen LogP contribution in [0, 0.1) is 6.92 Å². The van der Waals surface area contributed by atoms with E-state index >= 15 is 0 Å². The number of piperazine rings is 1. The molecule has 1 aromatic rings. The first kappa shape index (κ1) is 17.1. The molecular weight excluding hydrogens is 300 g/mol. The van der Waals surface area contributed by atoms with Crippen LogP contribution in [0.4, 0.5) is 0 Å². The fourth-order valence-electron chi connectivity index (χ4n) is 2.63. The molecule has 1 heterocycles. The first-order valence-corrected chi connectivity index (χ1v) is 8.07. The fraction of sp³-hybridized carbons (Fsp3) is 0.588. The number of hydrogen-bond acceptors (Lipinski definition) is 3. The summed E-state index contributed by atoms with van der Waals surface area (Å²) < 4.78 is 5.64. The van der Waals surface area contributed by atoms with Gasteiger partial charge in [0.2, 0.25) is 0 Å². The molecule has 0 bridgehead atoms. The number of carbonyl (C=O) groups excluding carboxylic acids is 1. The minimum Gasteiger partial charge on any atom is -0.483 e. The number of nitrogens with zero attached hydrogens (tertiary/aromatic N) is 2. The van der Waals surface area contributed by atoms with Gasteiger partial charge in [-0.15, -0.1) is 0 Å². The van der Waals surface area contributed by atoms with E-state index in [0.717, 1.165) is 31.7 Å². The molecule has 22 heavy (non-hydrogen) atoms. The molecule has 1 fully saturated rings. The Hall–Kier alpha value is -1.26. The summed E-state index contributed by atoms with van der Waals surface area (Å²) in [6, 6.07) is 5.42. The minimum atomic E-state index is 0.0444. The Morgan fingerprint density at radius 1 is 1.23 bits per heavy atom. The van der Waals surface area contributed by atoms with E-state index in [9.17, 15) is 4.79 Å². The quantitative estimate of drug-likeness (QED) is 0.857. The maximum Gasteiger partial charge on any atom is 0.260 e. The summed E-state index contributed by atoms with van der Waals surface area (Å²) >= 11 is 5.92. The van der Waals surface area contributed by atoms with Gasteiger partial charge in [-0.3, -0.25) is 9.69 Å². The van der Waals surface area contributed by atoms with E-state index in [-0.39, 0.29) is 18.1 Å². The fourth-order valence-corrected chi connectivity index (χ4v) is 2.86. The first-order valence-electron chi connectivity index (χ1n) is 7.69. The monoisotopic (exact) mass is 324 g/mol. The zero-order valence-corrected chi connectivity index (χ0v) is 14.6. The number of ether oxygens (including phenoxy) is 1. The van der Waals surface area contributed by atoms with Crippen LogP contribution in [0.1, 0.15) is 26.3 Å². The summed E-state index contributed by atoms with van der Waals surface area (Å²) in [5, 5.41) is 0.675. The molecule has 0 aliphatic carbocycles. The molecule has 1 aromatic carbocycles. The molecule has 1 amide bonds. The Labute approximate surface area is 138 Å². The molecule has 0 saturated carbocycles. The number of aryl methyl sites for hydroxylation is 1. The van der Waals surface area contributed by atoms with Gasteiger partial charge in [0.1, 0.15) is 5.75 Å². The summed E-state index contributed by atoms with van der Waals surface area (Å²) in [7, 11) is 0. The predicted octanol–water partition coefficient (Wildman–Crippen LogP) is 2.97. The third-order valence-electron chi connectivity index (χ3n) is 4.07. The van der Waals surface area contributed by atoms with Crippen LogP contribution in [-0.2, 0) is 4.79 Å². The number of carbonyl (C=O) groups is 1. The van der Waals surface area contributed by atoms with Crippen LogP contribution in [0.3, 0.4) is 0 Å². The molecule has 0 N–H and O–H groups in total. The smallest absolute Gasteiger partial charge is 0.260 e. The van der Waals surface area contributed by atoms with Crippen LogP contribution >= 0.6 is 11.6 Å². The van der Waals surface area contributed by atoms with Gasteiger partial charge in [0.05, 0.1) is 0 Å². The lowest BCUT2D eigenvalue weighted by Crippen LogP contribution is -2.55. The van der Waals surface area contributed by atoms with E-state index in [2.05, 4.69) is 25.7 Å². The van der Waals surface area contributed by atoms with E-state index in [1.165, 1.54) is 0 Å². The standard InChI is InChI=1S/C17H25ClN2O2/c1-13-11-14(18)5-6-15(13)22-12-16(21)19-7-9-20(10-8-19)17(2,3)4/h5-6,11H,7-10,12H2,1-4H3. The highest BCUT2D eigenvalue weighted by molar-refractivity contribution is 6.30. The average Bonchev–Trinajstić information content (AvgIpc) is 2.45. The van der Waals surface area contributed by atoms with E-state index < -0.39 is 0 Å². The van der Waals surface area contributed by atoms with Gasteiger partial charge in [-0.1, -0.05) is 11.6 Å². The first-order chi connectivity index (χ1) is 10.3. The van der Waals surface area contributed by atoms with Crippen molar-refractivity contribution in [3.8, 4) is 5.75 Å². The molecular formula is C17H25ClN2O2. The van der Waals surface area contributed by atoms with E-state index in [1.807, 2.05) is 24.0 Å². The van der Waals surface area contributed by atoms with Gasteiger partial charge in [0.15, 0.2) is 6.61 Å². The minimum absolute atomic E-state index is 0.0444. The Kier molecular flexibility index (Phi) is 5.35. The van der Waals surface area contributed by atoms with Gasteiger partial charge in [0, 0.05) is 36.7 Å². The van der Waals surface area contributed by atoms with Gasteiger partial charge in [-0.25, -0.2) is 0 Å². The molecule has 0 atom stereocenters. The molecule has 122 valence electrons. The van der Waals surface area contributed by atoms with Crippen LogP contribution in [-0.4, -0.2) is 54.0 Å². The van der Waals surface area contributed by atoms with E-state index in [1.54, 1.807) is 6.07 Å². The second-order valence-corrected chi connectivity index (χ2v) is 7.17. The summed E-state index contributed by atoms with van der Waals surface area (Å²) in [5.74, 6) is 0.758. The summed E-state index contributed by atoms with van der Waals surface area (Å²) in [5.41, 5.74) is 1.10. The molecule has 4 nitrogen and oxygen atoms in total. The normalized spacial score (nSPS) is 16.7. The second-order valence-electron chi connectivity index (χ2n) is 6.74. The van der Waals surface area contributed by atoms with Crippen LogP contribution in [0.15, 0.2) is 18.2 Å². The zero-order chi connectivity index (χ0) is 16.3. The van der Waals surface area contributed by atoms with Gasteiger partial charge >= 0.3 is 0 Å². The lowest BCUT2D eigenvalue weighted by atomic mass is 10.1. The highest BCUT2D eigenvalue weighted by atomic mass is 35.5. The van der Waals surface area contributed by atoms with E-state index in [4.69, 9.17) is 16.3 Å². The van der Waals surface area contributed by atoms with Crippen molar-refractivity contribution in [3.05, 3.63) is 28.8 Å². The molecule has 0 unspecified atom stereocenters. The summed E-state index contributed by atoms with van der Waals surface area (Å²) in [6.45, 7) is 12.0. The van der Waals surface area contributed by atoms with Crippen molar-refractivity contribution >= 4 is 17.5 Å². The highest BCUT2D eigenvalue weighted by Gasteiger charge is 2.27. The lowest BCUT2D eigenvalue weighted by Gasteiger charge is -2.42. The maximum absolute atomic E-state index is 12.3. The molecule has 1 aliphatic rings. The van der Waals surface area contributed by atoms with Crippen molar-refractivity contribution < 1.29 is 9.53 Å². The third-order valence-corrected chi connectivity index (χ3v) is 4.30. The van der Waals surface area contributed by atoms with E-state index in [0.29, 0.717) is 10.8 Å². The number of benzene rings is 1. The topological polar surface area (TPSA) is 32.8 Å². The number of hydrogen-bond donors (Lipinski definition) is 0. The number of halogens is 1. The third kappa shape index (κ3) is 4.37. The molecule has 2 rings (SSSR count). The van der Waals surface area contributed by atoms with Crippen molar-refractivity contribution in [1.29, 1.82) is 0 Å². The Morgan fingerprint density at radius 3 is 2.41 bits per heavy atom. The molecule has 5 heteroatoms. The highest BCUT2D eigenvalue weighted by Crippen LogP contribution is 2.22. The summed E-state index contributed by atoms with van der Waals surface area (Å²) in [4.78, 5) is 16.5. The van der Waals surface area contributed by atoms with Gasteiger partial charge in [-0.05, 0) is 51.5 Å². The SMILES string of the molecule is Cc1cc(Cl)ccc1OCC(=O)N1CCN(C(C)(C)C)CC1. The van der Waals surface area contributed by atoms with Crippen molar-refractivity contribution in [2.45, 2.75) is 33.2 Å². The van der Waals surface area contributed by atoms with Crippen LogP contribution < -0.4 is 4.74 Å². The van der Waals surface area contributed by atoms with Crippen molar-refractivity contribution in [2.24, 2.45) is 0 Å². The maximum atomic E-state index is 12.3. The predicted molar refractivity (Wildman–Crippen MR) is 89.6 cm³/mol. The van der Waals surface area contributed by atoms with Crippen LogP contribution in [0.2, 0.25) is 5.02 Å². The number of rotatable bonds is 3. The van der Waals surface area contributed by atoms with Gasteiger partial charge < -0.3 is 9.64 Å². The molecule has 0 spiro atoms. The van der Waals surface area contributed by atoms with Crippen molar-refractivity contribution in [2.75, 3.05) is 32.8 Å². The Balaban J connectivity index is 1.84. The molecule has 1 aliphatic heterocycles. The molecule has 0 aromatic heterocycles. The zero-order valence-electron chi connectivity index (χ0n) is 13.9. The average molecular weight is 325 g/mol. The lowest BCUT2D eigenvalue weighted by molar-refractivity contribution is -0.135. The van der Waals surface area contributed by atoms with Crippen LogP contribution in [0.5, 0.6) is 5.75 Å². The van der Waals surface area contributed by atoms with Crippen molar-refractivity contribution in [1.82, 2.24) is 9.80 Å². The summed E-state index contributed by atoms with van der Waals surface area (Å²) in [6.07, 6.45) is 0. The van der Waals surface area contributed by atoms with Gasteiger partial charge in [0.25, 0.3) is 5.91 Å². The molecule has 0 radical (unpaired) electrons. The molecule has 1 saturated heterocycles. The Bertz CT molecular complexity index is 532. The second kappa shape index (κ2) is 6.88. The van der Waals surface area contributed by atoms with Crippen molar-refractivity contribution in [3.63, 3.8) is 0 Å². The number of amides is 1. The largest absolute Gasteiger partial charge is 0.483 e. The van der Waals surface area contributed by atoms with Crippen LogP contribution in [0.25, 0.3) is 0 Å². The Morgan fingerprint density at radius 2 is 1.86 bits per heavy atom. The van der Waals surface area contributed by atoms with Gasteiger partial charge in [-0.2, -0.15) is 0 Å².